The van der Waals surface area contributed by atoms with E-state index in [9.17, 15) is 5.11 Å². The molecular formula is C20H25NO. The predicted octanol–water partition coefficient (Wildman–Crippen LogP) is 4.06. The first kappa shape index (κ1) is 15.3. The zero-order valence-corrected chi connectivity index (χ0v) is 13.0. The van der Waals surface area contributed by atoms with Gasteiger partial charge in [0.25, 0.3) is 0 Å². The van der Waals surface area contributed by atoms with Gasteiger partial charge >= 0.3 is 0 Å². The Morgan fingerprint density at radius 1 is 0.727 bits per heavy atom. The summed E-state index contributed by atoms with van der Waals surface area (Å²) >= 11 is 0. The molecule has 0 radical (unpaired) electrons. The normalized spacial score (nSPS) is 23.0. The van der Waals surface area contributed by atoms with Crippen LogP contribution in [0.15, 0.2) is 60.7 Å². The van der Waals surface area contributed by atoms with Crippen molar-refractivity contribution in [2.75, 3.05) is 0 Å². The fourth-order valence-corrected chi connectivity index (χ4v) is 3.43. The smallest absolute Gasteiger partial charge is 0.104 e. The second-order valence-corrected chi connectivity index (χ2v) is 6.29. The van der Waals surface area contributed by atoms with Crippen LogP contribution in [-0.2, 0) is 0 Å². The van der Waals surface area contributed by atoms with Crippen molar-refractivity contribution in [1.82, 2.24) is 5.32 Å². The van der Waals surface area contributed by atoms with E-state index in [2.05, 4.69) is 5.32 Å². The predicted molar refractivity (Wildman–Crippen MR) is 90.7 cm³/mol. The van der Waals surface area contributed by atoms with Gasteiger partial charge in [0.1, 0.15) is 6.10 Å². The molecule has 0 saturated carbocycles. The minimum atomic E-state index is -0.516. The molecule has 0 spiro atoms. The molecule has 2 aromatic carbocycles. The van der Waals surface area contributed by atoms with E-state index >= 15 is 0 Å². The van der Waals surface area contributed by atoms with Crippen molar-refractivity contribution in [3.63, 3.8) is 0 Å². The second-order valence-electron chi connectivity index (χ2n) is 6.29. The summed E-state index contributed by atoms with van der Waals surface area (Å²) in [5.74, 6) is 0. The van der Waals surface area contributed by atoms with Crippen molar-refractivity contribution in [3.05, 3.63) is 71.8 Å². The van der Waals surface area contributed by atoms with Gasteiger partial charge < -0.3 is 10.4 Å². The minimum Gasteiger partial charge on any atom is -0.384 e. The van der Waals surface area contributed by atoms with Crippen molar-refractivity contribution in [2.45, 2.75) is 50.3 Å². The maximum Gasteiger partial charge on any atom is 0.104 e. The summed E-state index contributed by atoms with van der Waals surface area (Å²) in [5.41, 5.74) is 1.86. The SMILES string of the molecule is C1CC2CCC(C1)N2.OC(c1ccccc1)c1ccccc1. The molecule has 2 aliphatic heterocycles. The molecule has 0 amide bonds. The highest BCUT2D eigenvalue weighted by Gasteiger charge is 2.26. The van der Waals surface area contributed by atoms with E-state index in [1.165, 1.54) is 32.1 Å². The summed E-state index contributed by atoms with van der Waals surface area (Å²) < 4.78 is 0. The number of rotatable bonds is 2. The first-order valence-corrected chi connectivity index (χ1v) is 8.37. The Kier molecular flexibility index (Phi) is 5.25. The number of aliphatic hydroxyl groups excluding tert-OH is 1. The summed E-state index contributed by atoms with van der Waals surface area (Å²) in [6.45, 7) is 0. The third kappa shape index (κ3) is 3.96. The molecule has 22 heavy (non-hydrogen) atoms. The molecule has 2 nitrogen and oxygen atoms in total. The largest absolute Gasteiger partial charge is 0.384 e. The van der Waals surface area contributed by atoms with Crippen LogP contribution in [0.1, 0.15) is 49.3 Å². The molecule has 0 aromatic heterocycles. The van der Waals surface area contributed by atoms with E-state index in [1.54, 1.807) is 0 Å². The zero-order chi connectivity index (χ0) is 15.2. The highest BCUT2D eigenvalue weighted by molar-refractivity contribution is 5.29. The van der Waals surface area contributed by atoms with E-state index in [-0.39, 0.29) is 0 Å². The van der Waals surface area contributed by atoms with Crippen LogP contribution >= 0.6 is 0 Å². The molecule has 4 rings (SSSR count). The van der Waals surface area contributed by atoms with Crippen molar-refractivity contribution in [1.29, 1.82) is 0 Å². The van der Waals surface area contributed by atoms with Gasteiger partial charge in [-0.1, -0.05) is 67.1 Å². The first-order chi connectivity index (χ1) is 10.8. The quantitative estimate of drug-likeness (QED) is 0.875. The van der Waals surface area contributed by atoms with Crippen molar-refractivity contribution in [3.8, 4) is 0 Å². The highest BCUT2D eigenvalue weighted by atomic mass is 16.3. The van der Waals surface area contributed by atoms with Crippen LogP contribution in [0, 0.1) is 0 Å². The summed E-state index contributed by atoms with van der Waals surface area (Å²) in [6.07, 6.45) is 6.74. The average Bonchev–Trinajstić information content (AvgIpc) is 2.94. The second kappa shape index (κ2) is 7.57. The Labute approximate surface area is 133 Å². The average molecular weight is 295 g/mol. The molecule has 2 fully saturated rings. The molecule has 2 heterocycles. The summed E-state index contributed by atoms with van der Waals surface area (Å²) in [5, 5.41) is 13.6. The lowest BCUT2D eigenvalue weighted by Gasteiger charge is -2.19. The molecule has 2 N–H and O–H groups in total. The van der Waals surface area contributed by atoms with Crippen LogP contribution in [0.4, 0.5) is 0 Å². The topological polar surface area (TPSA) is 32.3 Å². The van der Waals surface area contributed by atoms with Crippen LogP contribution in [-0.4, -0.2) is 17.2 Å². The number of hydrogen-bond acceptors (Lipinski definition) is 2. The lowest BCUT2D eigenvalue weighted by atomic mass is 10.0. The molecule has 116 valence electrons. The first-order valence-electron chi connectivity index (χ1n) is 8.37. The van der Waals surface area contributed by atoms with E-state index in [0.29, 0.717) is 0 Å². The van der Waals surface area contributed by atoms with Gasteiger partial charge in [0.05, 0.1) is 0 Å². The van der Waals surface area contributed by atoms with Crippen LogP contribution < -0.4 is 5.32 Å². The fourth-order valence-electron chi connectivity index (χ4n) is 3.43. The molecule has 2 unspecified atom stereocenters. The zero-order valence-electron chi connectivity index (χ0n) is 13.0. The van der Waals surface area contributed by atoms with E-state index < -0.39 is 6.10 Å². The Hall–Kier alpha value is -1.64. The van der Waals surface area contributed by atoms with Crippen LogP contribution in [0.2, 0.25) is 0 Å². The van der Waals surface area contributed by atoms with Gasteiger partial charge in [-0.3, -0.25) is 0 Å². The lowest BCUT2D eigenvalue weighted by molar-refractivity contribution is 0.220. The number of hydrogen-bond donors (Lipinski definition) is 2. The Morgan fingerprint density at radius 2 is 1.18 bits per heavy atom. The van der Waals surface area contributed by atoms with Gasteiger partial charge in [-0.15, -0.1) is 0 Å². The maximum absolute atomic E-state index is 9.99. The summed E-state index contributed by atoms with van der Waals surface area (Å²) in [6, 6.07) is 21.2. The van der Waals surface area contributed by atoms with Gasteiger partial charge in [-0.25, -0.2) is 0 Å². The lowest BCUT2D eigenvalue weighted by Crippen LogP contribution is -2.33. The standard InChI is InChI=1S/C13H12O.C7H13N/c14-13(11-7-3-1-4-8-11)12-9-5-2-6-10-12;1-2-6-4-5-7(3-1)8-6/h1-10,13-14H;6-8H,1-5H2. The number of fused-ring (bicyclic) bond motifs is 2. The van der Waals surface area contributed by atoms with Gasteiger partial charge in [0.2, 0.25) is 0 Å². The number of nitrogens with one attached hydrogen (secondary N) is 1. The maximum atomic E-state index is 9.99. The van der Waals surface area contributed by atoms with Gasteiger partial charge in [-0.05, 0) is 36.8 Å². The van der Waals surface area contributed by atoms with Crippen molar-refractivity contribution < 1.29 is 5.11 Å². The Balaban J connectivity index is 0.000000151. The number of piperidine rings is 1. The molecular weight excluding hydrogens is 270 g/mol. The molecule has 2 saturated heterocycles. The monoisotopic (exact) mass is 295 g/mol. The number of benzene rings is 2. The van der Waals surface area contributed by atoms with Crippen LogP contribution in [0.3, 0.4) is 0 Å². The molecule has 0 aliphatic carbocycles. The molecule has 2 aromatic rings. The third-order valence-corrected chi connectivity index (χ3v) is 4.67. The Bertz CT molecular complexity index is 501. The molecule has 2 aliphatic rings. The minimum absolute atomic E-state index is 0.516. The molecule has 2 bridgehead atoms. The van der Waals surface area contributed by atoms with Crippen molar-refractivity contribution in [2.24, 2.45) is 0 Å². The molecule has 2 atom stereocenters. The van der Waals surface area contributed by atoms with E-state index in [4.69, 9.17) is 0 Å². The van der Waals surface area contributed by atoms with Gasteiger partial charge in [0, 0.05) is 12.1 Å². The fraction of sp³-hybridized carbons (Fsp3) is 0.400. The van der Waals surface area contributed by atoms with Gasteiger partial charge in [0.15, 0.2) is 0 Å². The van der Waals surface area contributed by atoms with Gasteiger partial charge in [-0.2, -0.15) is 0 Å². The molecule has 2 heteroatoms. The summed E-state index contributed by atoms with van der Waals surface area (Å²) in [7, 11) is 0. The van der Waals surface area contributed by atoms with Crippen LogP contribution in [0.5, 0.6) is 0 Å². The van der Waals surface area contributed by atoms with E-state index in [1.807, 2.05) is 60.7 Å². The van der Waals surface area contributed by atoms with Crippen LogP contribution in [0.25, 0.3) is 0 Å². The third-order valence-electron chi connectivity index (χ3n) is 4.67. The highest BCUT2D eigenvalue weighted by Crippen LogP contribution is 2.25. The summed E-state index contributed by atoms with van der Waals surface area (Å²) in [4.78, 5) is 0. The number of aliphatic hydroxyl groups is 1. The van der Waals surface area contributed by atoms with Crippen molar-refractivity contribution >= 4 is 0 Å². The Morgan fingerprint density at radius 3 is 1.59 bits per heavy atom. The van der Waals surface area contributed by atoms with E-state index in [0.717, 1.165) is 23.2 Å².